The van der Waals surface area contributed by atoms with E-state index in [2.05, 4.69) is 10.6 Å². The minimum atomic E-state index is -1.50. The van der Waals surface area contributed by atoms with E-state index >= 15 is 0 Å². The second kappa shape index (κ2) is 14.5. The van der Waals surface area contributed by atoms with Crippen molar-refractivity contribution >= 4 is 98.1 Å². The van der Waals surface area contributed by atoms with Crippen LogP contribution in [0.1, 0.15) is 42.0 Å². The minimum absolute atomic E-state index is 0.245. The van der Waals surface area contributed by atoms with Gasteiger partial charge < -0.3 is 15.7 Å². The van der Waals surface area contributed by atoms with Gasteiger partial charge in [-0.3, -0.25) is 9.59 Å². The maximum atomic E-state index is 13.8. The van der Waals surface area contributed by atoms with Crippen molar-refractivity contribution in [2.24, 2.45) is 0 Å². The van der Waals surface area contributed by atoms with Crippen molar-refractivity contribution in [3.63, 3.8) is 0 Å². The number of anilines is 2. The highest BCUT2D eigenvalue weighted by molar-refractivity contribution is 8.00. The highest BCUT2D eigenvalue weighted by Crippen LogP contribution is 2.42. The predicted octanol–water partition coefficient (Wildman–Crippen LogP) is 10.5. The average molecular weight is 732 g/mol. The van der Waals surface area contributed by atoms with Gasteiger partial charge in [-0.15, -0.1) is 23.1 Å². The first kappa shape index (κ1) is 33.8. The van der Waals surface area contributed by atoms with Crippen molar-refractivity contribution in [3.8, 4) is 11.3 Å². The van der Waals surface area contributed by atoms with Crippen molar-refractivity contribution in [1.29, 1.82) is 0 Å². The molecule has 234 valence electrons. The van der Waals surface area contributed by atoms with Crippen LogP contribution in [0.2, 0.25) is 20.1 Å². The molecule has 0 aliphatic rings. The van der Waals surface area contributed by atoms with E-state index < -0.39 is 33.3 Å². The number of carbonyl (C=O) groups is 3. The van der Waals surface area contributed by atoms with Gasteiger partial charge in [0.15, 0.2) is 5.13 Å². The number of rotatable bonds is 9. The summed E-state index contributed by atoms with van der Waals surface area (Å²) >= 11 is 27.2. The van der Waals surface area contributed by atoms with E-state index in [0.29, 0.717) is 15.7 Å². The number of nitrogens with zero attached hydrogens (tertiary/aromatic N) is 1. The van der Waals surface area contributed by atoms with Crippen LogP contribution in [0.3, 0.4) is 0 Å². The first-order chi connectivity index (χ1) is 21.9. The summed E-state index contributed by atoms with van der Waals surface area (Å²) in [5.74, 6) is -2.64. The molecule has 0 spiro atoms. The van der Waals surface area contributed by atoms with Crippen LogP contribution in [0.15, 0.2) is 83.8 Å². The maximum absolute atomic E-state index is 13.8. The molecule has 1 atom stereocenters. The van der Waals surface area contributed by atoms with Gasteiger partial charge in [-0.1, -0.05) is 113 Å². The largest absolute Gasteiger partial charge is 0.478 e. The molecule has 2 amide bonds. The lowest BCUT2D eigenvalue weighted by Crippen LogP contribution is -2.19. The second-order valence-electron chi connectivity index (χ2n) is 9.98. The van der Waals surface area contributed by atoms with Crippen molar-refractivity contribution in [2.45, 2.75) is 24.0 Å². The van der Waals surface area contributed by atoms with E-state index in [-0.39, 0.29) is 21.0 Å². The number of thiazole rings is 1. The third kappa shape index (κ3) is 7.36. The second-order valence-corrected chi connectivity index (χ2v) is 13.9. The summed E-state index contributed by atoms with van der Waals surface area (Å²) in [5.41, 5.74) is 2.98. The fourth-order valence-electron chi connectivity index (χ4n) is 4.52. The van der Waals surface area contributed by atoms with E-state index in [0.717, 1.165) is 27.3 Å². The highest BCUT2D eigenvalue weighted by atomic mass is 35.5. The van der Waals surface area contributed by atoms with Gasteiger partial charge in [0, 0.05) is 21.0 Å². The van der Waals surface area contributed by atoms with Gasteiger partial charge >= 0.3 is 5.97 Å². The zero-order valence-electron chi connectivity index (χ0n) is 24.0. The van der Waals surface area contributed by atoms with Crippen LogP contribution in [-0.4, -0.2) is 27.9 Å². The Hall–Kier alpha value is -3.57. The number of benzene rings is 4. The Labute approximate surface area is 292 Å². The first-order valence-electron chi connectivity index (χ1n) is 13.5. The molecule has 0 saturated heterocycles. The Kier molecular flexibility index (Phi) is 10.6. The Morgan fingerprint density at radius 1 is 0.804 bits per heavy atom. The molecule has 0 aliphatic heterocycles. The fourth-order valence-corrected chi connectivity index (χ4v) is 7.46. The molecule has 5 rings (SSSR count). The van der Waals surface area contributed by atoms with Crippen LogP contribution in [0.25, 0.3) is 11.3 Å². The molecule has 1 aromatic heterocycles. The summed E-state index contributed by atoms with van der Waals surface area (Å²) in [6.45, 7) is 3.98. The number of thioether (sulfide) groups is 1. The summed E-state index contributed by atoms with van der Waals surface area (Å²) in [6, 6.07) is 24.1. The Morgan fingerprint density at radius 3 is 2.11 bits per heavy atom. The number of hydrogen-bond acceptors (Lipinski definition) is 6. The number of halogens is 4. The number of carbonyl (C=O) groups excluding carboxylic acids is 2. The molecule has 5 aromatic rings. The zero-order chi connectivity index (χ0) is 33.1. The van der Waals surface area contributed by atoms with Crippen molar-refractivity contribution in [3.05, 3.63) is 126 Å². The summed E-state index contributed by atoms with van der Waals surface area (Å²) < 4.78 is 0. The molecule has 0 fully saturated rings. The highest BCUT2D eigenvalue weighted by Gasteiger charge is 2.29. The fraction of sp³-hybridized carbons (Fsp3) is 0.0909. The van der Waals surface area contributed by atoms with Crippen LogP contribution in [-0.2, 0) is 4.79 Å². The van der Waals surface area contributed by atoms with Crippen LogP contribution in [0.5, 0.6) is 0 Å². The molecule has 0 saturated carbocycles. The maximum Gasteiger partial charge on any atom is 0.338 e. The predicted molar refractivity (Wildman–Crippen MR) is 189 cm³/mol. The van der Waals surface area contributed by atoms with Gasteiger partial charge in [-0.2, -0.15) is 0 Å². The number of aromatic nitrogens is 1. The molecule has 46 heavy (non-hydrogen) atoms. The molecule has 0 aliphatic carbocycles. The normalized spacial score (nSPS) is 11.6. The quantitative estimate of drug-likeness (QED) is 0.0791. The molecule has 13 heteroatoms. The van der Waals surface area contributed by atoms with Gasteiger partial charge in [0.25, 0.3) is 5.91 Å². The SMILES string of the molecule is Cc1ccc(-c2nc(NC(=O)C(Sc3cccc(NC(=O)c4c(Cl)c(Cl)c(Cl)c(Cl)c4C(=O)O)c3)c3ccccc3)sc2C)cc1. The summed E-state index contributed by atoms with van der Waals surface area (Å²) in [6.07, 6.45) is 0. The van der Waals surface area contributed by atoms with Crippen molar-refractivity contribution < 1.29 is 19.5 Å². The number of nitrogens with one attached hydrogen (secondary N) is 2. The van der Waals surface area contributed by atoms with E-state index in [9.17, 15) is 19.5 Å². The topological polar surface area (TPSA) is 108 Å². The number of aromatic carboxylic acids is 1. The molecular formula is C33H23Cl4N3O4S2. The van der Waals surface area contributed by atoms with E-state index in [4.69, 9.17) is 51.4 Å². The number of hydrogen-bond donors (Lipinski definition) is 3. The molecular weight excluding hydrogens is 708 g/mol. The van der Waals surface area contributed by atoms with Gasteiger partial charge in [0.05, 0.1) is 36.9 Å². The monoisotopic (exact) mass is 729 g/mol. The lowest BCUT2D eigenvalue weighted by atomic mass is 10.1. The number of aryl methyl sites for hydroxylation is 2. The number of amides is 2. The Morgan fingerprint density at radius 2 is 1.46 bits per heavy atom. The first-order valence-corrected chi connectivity index (χ1v) is 16.7. The van der Waals surface area contributed by atoms with E-state index in [1.807, 2.05) is 68.4 Å². The molecule has 3 N–H and O–H groups in total. The van der Waals surface area contributed by atoms with Crippen molar-refractivity contribution in [1.82, 2.24) is 4.98 Å². The Balaban J connectivity index is 1.40. The van der Waals surface area contributed by atoms with Crippen LogP contribution in [0.4, 0.5) is 10.8 Å². The third-order valence-electron chi connectivity index (χ3n) is 6.75. The summed E-state index contributed by atoms with van der Waals surface area (Å²) in [7, 11) is 0. The van der Waals surface area contributed by atoms with Gasteiger partial charge in [-0.25, -0.2) is 9.78 Å². The standard InChI is InChI=1S/C33H23Cl4N3O4S2/c1-16-11-13-18(14-12-16)28-17(2)45-33(39-28)40-31(42)29(19-7-4-3-5-8-19)46-21-10-6-9-20(15-21)38-30(41)22-23(32(43)44)25(35)27(37)26(36)24(22)34/h3-15,29H,1-2H3,(H,38,41)(H,43,44)(H,39,40,42). The molecule has 1 unspecified atom stereocenters. The Bertz CT molecular complexity index is 1970. The lowest BCUT2D eigenvalue weighted by Gasteiger charge is -2.17. The van der Waals surface area contributed by atoms with Gasteiger partial charge in [-0.05, 0) is 37.6 Å². The van der Waals surface area contributed by atoms with Gasteiger partial charge in [0.1, 0.15) is 5.25 Å². The third-order valence-corrected chi connectivity index (χ3v) is 10.7. The van der Waals surface area contributed by atoms with Crippen molar-refractivity contribution in [2.75, 3.05) is 10.6 Å². The van der Waals surface area contributed by atoms with Crippen LogP contribution < -0.4 is 10.6 Å². The van der Waals surface area contributed by atoms with E-state index in [1.54, 1.807) is 24.3 Å². The van der Waals surface area contributed by atoms with E-state index in [1.165, 1.54) is 23.1 Å². The average Bonchev–Trinajstić information content (AvgIpc) is 3.40. The molecule has 4 aromatic carbocycles. The minimum Gasteiger partial charge on any atom is -0.478 e. The summed E-state index contributed by atoms with van der Waals surface area (Å²) in [5, 5.41) is 13.9. The molecule has 0 radical (unpaired) electrons. The smallest absolute Gasteiger partial charge is 0.338 e. The number of carboxylic acid groups (broad SMARTS) is 1. The molecule has 7 nitrogen and oxygen atoms in total. The summed E-state index contributed by atoms with van der Waals surface area (Å²) in [4.78, 5) is 45.3. The van der Waals surface area contributed by atoms with Crippen LogP contribution >= 0.6 is 69.5 Å². The van der Waals surface area contributed by atoms with Gasteiger partial charge in [0.2, 0.25) is 5.91 Å². The molecule has 0 bridgehead atoms. The van der Waals surface area contributed by atoms with Crippen LogP contribution in [0, 0.1) is 13.8 Å². The number of carboxylic acids is 1. The lowest BCUT2D eigenvalue weighted by molar-refractivity contribution is -0.115. The molecule has 1 heterocycles. The zero-order valence-corrected chi connectivity index (χ0v) is 28.7.